The number of esters is 1. The Bertz CT molecular complexity index is 794. The number of amides is 1. The quantitative estimate of drug-likeness (QED) is 0.562. The largest absolute Gasteiger partial charge is 0.462 e. The Kier molecular flexibility index (Phi) is 6.79. The van der Waals surface area contributed by atoms with Crippen molar-refractivity contribution < 1.29 is 14.3 Å². The number of hydrogen-bond acceptors (Lipinski definition) is 4. The van der Waals surface area contributed by atoms with Crippen molar-refractivity contribution in [1.82, 2.24) is 0 Å². The van der Waals surface area contributed by atoms with E-state index in [9.17, 15) is 9.59 Å². The van der Waals surface area contributed by atoms with Crippen LogP contribution in [-0.4, -0.2) is 18.5 Å². The van der Waals surface area contributed by atoms with Crippen molar-refractivity contribution in [3.63, 3.8) is 0 Å². The number of carbonyl (C=O) groups excluding carboxylic acids is 2. The summed E-state index contributed by atoms with van der Waals surface area (Å²) in [5.41, 5.74) is 2.24. The second-order valence-electron chi connectivity index (χ2n) is 5.29. The van der Waals surface area contributed by atoms with Gasteiger partial charge < -0.3 is 10.1 Å². The van der Waals surface area contributed by atoms with Crippen LogP contribution >= 0.6 is 22.9 Å². The molecular formula is C19H20ClNO3S. The zero-order chi connectivity index (χ0) is 18.4. The SMILES string of the molecule is CCOC(=O)c1c(NC(=O)C=Cc2ccc(Cl)cc2)sc(C)c1CC. The standard InChI is InChI=1S/C19H20ClNO3S/c1-4-15-12(3)25-18(17(15)19(23)24-5-2)21-16(22)11-8-13-6-9-14(20)10-7-13/h6-11H,4-5H2,1-3H3,(H,21,22). The van der Waals surface area contributed by atoms with E-state index in [1.54, 1.807) is 25.1 Å². The Labute approximate surface area is 156 Å². The normalized spacial score (nSPS) is 10.9. The first kappa shape index (κ1) is 19.2. The summed E-state index contributed by atoms with van der Waals surface area (Å²) >= 11 is 7.23. The van der Waals surface area contributed by atoms with Gasteiger partial charge in [-0.15, -0.1) is 11.3 Å². The Morgan fingerprint density at radius 2 is 1.92 bits per heavy atom. The van der Waals surface area contributed by atoms with Gasteiger partial charge in [0.2, 0.25) is 5.91 Å². The summed E-state index contributed by atoms with van der Waals surface area (Å²) in [6, 6.07) is 7.16. The lowest BCUT2D eigenvalue weighted by molar-refractivity contribution is -0.111. The first-order valence-electron chi connectivity index (χ1n) is 8.00. The number of nitrogens with one attached hydrogen (secondary N) is 1. The number of hydrogen-bond donors (Lipinski definition) is 1. The molecule has 132 valence electrons. The number of anilines is 1. The first-order valence-corrected chi connectivity index (χ1v) is 9.19. The molecule has 0 fully saturated rings. The molecule has 1 heterocycles. The zero-order valence-electron chi connectivity index (χ0n) is 14.4. The van der Waals surface area contributed by atoms with Gasteiger partial charge in [-0.2, -0.15) is 0 Å². The molecule has 0 aliphatic rings. The zero-order valence-corrected chi connectivity index (χ0v) is 16.0. The van der Waals surface area contributed by atoms with Crippen LogP contribution in [0.15, 0.2) is 30.3 Å². The lowest BCUT2D eigenvalue weighted by Gasteiger charge is -2.06. The van der Waals surface area contributed by atoms with Gasteiger partial charge in [-0.25, -0.2) is 4.79 Å². The molecule has 1 aromatic heterocycles. The molecule has 1 aromatic carbocycles. The molecular weight excluding hydrogens is 358 g/mol. The molecule has 6 heteroatoms. The van der Waals surface area contributed by atoms with Crippen LogP contribution in [0.5, 0.6) is 0 Å². The minimum absolute atomic E-state index is 0.292. The Hall–Kier alpha value is -2.11. The van der Waals surface area contributed by atoms with Crippen LogP contribution in [0.1, 0.15) is 40.2 Å². The molecule has 0 saturated heterocycles. The predicted octanol–water partition coefficient (Wildman–Crippen LogP) is 5.10. The van der Waals surface area contributed by atoms with Crippen molar-refractivity contribution in [2.45, 2.75) is 27.2 Å². The van der Waals surface area contributed by atoms with Crippen molar-refractivity contribution in [3.8, 4) is 0 Å². The molecule has 1 amide bonds. The van der Waals surface area contributed by atoms with E-state index in [0.717, 1.165) is 16.0 Å². The lowest BCUT2D eigenvalue weighted by Crippen LogP contribution is -2.13. The average molecular weight is 378 g/mol. The van der Waals surface area contributed by atoms with E-state index >= 15 is 0 Å². The topological polar surface area (TPSA) is 55.4 Å². The van der Waals surface area contributed by atoms with E-state index in [1.165, 1.54) is 17.4 Å². The van der Waals surface area contributed by atoms with Crippen molar-refractivity contribution in [2.75, 3.05) is 11.9 Å². The van der Waals surface area contributed by atoms with E-state index in [-0.39, 0.29) is 5.91 Å². The minimum Gasteiger partial charge on any atom is -0.462 e. The fourth-order valence-corrected chi connectivity index (χ4v) is 3.67. The highest BCUT2D eigenvalue weighted by atomic mass is 35.5. The number of rotatable bonds is 6. The second-order valence-corrected chi connectivity index (χ2v) is 6.95. The number of benzene rings is 1. The maximum absolute atomic E-state index is 12.3. The van der Waals surface area contributed by atoms with Gasteiger partial charge in [-0.05, 0) is 49.6 Å². The smallest absolute Gasteiger partial charge is 0.341 e. The molecule has 0 radical (unpaired) electrons. The second kappa shape index (κ2) is 8.83. The maximum Gasteiger partial charge on any atom is 0.341 e. The molecule has 0 aliphatic heterocycles. The summed E-state index contributed by atoms with van der Waals surface area (Å²) in [6.07, 6.45) is 3.82. The van der Waals surface area contributed by atoms with Gasteiger partial charge in [0.05, 0.1) is 12.2 Å². The first-order chi connectivity index (χ1) is 12.0. The highest BCUT2D eigenvalue weighted by molar-refractivity contribution is 7.16. The van der Waals surface area contributed by atoms with Crippen LogP contribution in [0.4, 0.5) is 5.00 Å². The molecule has 2 aromatic rings. The summed E-state index contributed by atoms with van der Waals surface area (Å²) in [6.45, 7) is 5.96. The fraction of sp³-hybridized carbons (Fsp3) is 0.263. The fourth-order valence-electron chi connectivity index (χ4n) is 2.41. The van der Waals surface area contributed by atoms with Crippen LogP contribution in [0.3, 0.4) is 0 Å². The van der Waals surface area contributed by atoms with Gasteiger partial charge in [-0.1, -0.05) is 30.7 Å². The van der Waals surface area contributed by atoms with Crippen LogP contribution in [-0.2, 0) is 16.0 Å². The summed E-state index contributed by atoms with van der Waals surface area (Å²) in [5, 5.41) is 3.96. The molecule has 1 N–H and O–H groups in total. The lowest BCUT2D eigenvalue weighted by atomic mass is 10.1. The molecule has 4 nitrogen and oxygen atoms in total. The number of aryl methyl sites for hydroxylation is 1. The Morgan fingerprint density at radius 3 is 2.52 bits per heavy atom. The average Bonchev–Trinajstić information content (AvgIpc) is 2.89. The molecule has 0 aliphatic carbocycles. The minimum atomic E-state index is -0.402. The third-order valence-corrected chi connectivity index (χ3v) is 4.89. The molecule has 0 unspecified atom stereocenters. The van der Waals surface area contributed by atoms with Crippen LogP contribution in [0.2, 0.25) is 5.02 Å². The van der Waals surface area contributed by atoms with E-state index in [0.29, 0.717) is 28.6 Å². The summed E-state index contributed by atoms with van der Waals surface area (Å²) in [7, 11) is 0. The summed E-state index contributed by atoms with van der Waals surface area (Å²) in [5.74, 6) is -0.704. The van der Waals surface area contributed by atoms with Crippen LogP contribution in [0.25, 0.3) is 6.08 Å². The van der Waals surface area contributed by atoms with Gasteiger partial charge in [0.25, 0.3) is 0 Å². The highest BCUT2D eigenvalue weighted by Crippen LogP contribution is 2.34. The maximum atomic E-state index is 12.3. The van der Waals surface area contributed by atoms with Gasteiger partial charge >= 0.3 is 5.97 Å². The van der Waals surface area contributed by atoms with E-state index in [4.69, 9.17) is 16.3 Å². The summed E-state index contributed by atoms with van der Waals surface area (Å²) < 4.78 is 5.13. The van der Waals surface area contributed by atoms with Crippen LogP contribution in [0, 0.1) is 6.92 Å². The number of carbonyl (C=O) groups is 2. The van der Waals surface area contributed by atoms with Gasteiger partial charge in [0.15, 0.2) is 0 Å². The van der Waals surface area contributed by atoms with Crippen molar-refractivity contribution >= 4 is 45.9 Å². The molecule has 25 heavy (non-hydrogen) atoms. The third kappa shape index (κ3) is 4.94. The van der Waals surface area contributed by atoms with Crippen molar-refractivity contribution in [1.29, 1.82) is 0 Å². The van der Waals surface area contributed by atoms with E-state index in [2.05, 4.69) is 5.32 Å². The Balaban J connectivity index is 2.19. The third-order valence-electron chi connectivity index (χ3n) is 3.58. The molecule has 0 bridgehead atoms. The Morgan fingerprint density at radius 1 is 1.24 bits per heavy atom. The van der Waals surface area contributed by atoms with Crippen LogP contribution < -0.4 is 5.32 Å². The summed E-state index contributed by atoms with van der Waals surface area (Å²) in [4.78, 5) is 25.5. The van der Waals surface area contributed by atoms with Gasteiger partial charge in [-0.3, -0.25) is 4.79 Å². The van der Waals surface area contributed by atoms with Gasteiger partial charge in [0, 0.05) is 16.0 Å². The molecule has 0 spiro atoms. The van der Waals surface area contributed by atoms with Crippen molar-refractivity contribution in [2.24, 2.45) is 0 Å². The molecule has 0 atom stereocenters. The number of ether oxygens (including phenoxy) is 1. The predicted molar refractivity (Wildman–Crippen MR) is 104 cm³/mol. The number of halogens is 1. The monoisotopic (exact) mass is 377 g/mol. The van der Waals surface area contributed by atoms with Gasteiger partial charge in [0.1, 0.15) is 5.00 Å². The molecule has 2 rings (SSSR count). The van der Waals surface area contributed by atoms with Crippen molar-refractivity contribution in [3.05, 3.63) is 56.9 Å². The highest BCUT2D eigenvalue weighted by Gasteiger charge is 2.22. The number of thiophene rings is 1. The van der Waals surface area contributed by atoms with E-state index < -0.39 is 5.97 Å². The molecule has 0 saturated carbocycles. The van der Waals surface area contributed by atoms with E-state index in [1.807, 2.05) is 26.0 Å².